The van der Waals surface area contributed by atoms with E-state index in [2.05, 4.69) is 4.99 Å². The molecule has 0 atom stereocenters. The van der Waals surface area contributed by atoms with Crippen LogP contribution in [0.1, 0.15) is 21.7 Å². The Labute approximate surface area is 92.4 Å². The Morgan fingerprint density at radius 2 is 2.00 bits per heavy atom. The highest BCUT2D eigenvalue weighted by molar-refractivity contribution is 6.13. The van der Waals surface area contributed by atoms with Crippen LogP contribution in [0.4, 0.5) is 0 Å². The minimum Gasteiger partial charge on any atom is -0.463 e. The number of amides is 1. The summed E-state index contributed by atoms with van der Waals surface area (Å²) in [5.74, 6) is 0.483. The van der Waals surface area contributed by atoms with Gasteiger partial charge in [-0.3, -0.25) is 4.79 Å². The van der Waals surface area contributed by atoms with E-state index in [1.54, 1.807) is 18.4 Å². The van der Waals surface area contributed by atoms with E-state index in [9.17, 15) is 4.79 Å². The van der Waals surface area contributed by atoms with Gasteiger partial charge in [0.05, 0.1) is 12.0 Å². The molecule has 0 aliphatic carbocycles. The molecule has 1 aliphatic rings. The molecule has 0 fully saturated rings. The normalized spacial score (nSPS) is 14.5. The minimum atomic E-state index is -0.187. The van der Waals surface area contributed by atoms with Gasteiger partial charge in [-0.2, -0.15) is 0 Å². The zero-order chi connectivity index (χ0) is 11.0. The second-order valence-corrected chi connectivity index (χ2v) is 3.67. The molecule has 1 aromatic heterocycles. The lowest BCUT2D eigenvalue weighted by atomic mass is 9.97. The topological polar surface area (TPSA) is 42.6 Å². The third-order valence-corrected chi connectivity index (χ3v) is 2.65. The van der Waals surface area contributed by atoms with E-state index < -0.39 is 0 Å². The molecule has 0 unspecified atom stereocenters. The summed E-state index contributed by atoms with van der Waals surface area (Å²) in [6, 6.07) is 11.1. The first-order valence-corrected chi connectivity index (χ1v) is 5.08. The first kappa shape index (κ1) is 9.09. The molecule has 0 spiro atoms. The minimum absolute atomic E-state index is 0.187. The van der Waals surface area contributed by atoms with Crippen molar-refractivity contribution in [2.24, 2.45) is 4.99 Å². The molecule has 0 radical (unpaired) electrons. The predicted octanol–water partition coefficient (Wildman–Crippen LogP) is 2.47. The summed E-state index contributed by atoms with van der Waals surface area (Å²) in [5, 5.41) is 0. The fourth-order valence-electron chi connectivity index (χ4n) is 1.87. The van der Waals surface area contributed by atoms with Crippen LogP contribution in [0.15, 0.2) is 52.1 Å². The van der Waals surface area contributed by atoms with Crippen molar-refractivity contribution in [2.45, 2.75) is 6.42 Å². The largest absolute Gasteiger partial charge is 0.463 e. The van der Waals surface area contributed by atoms with Gasteiger partial charge in [-0.1, -0.05) is 18.2 Å². The number of furan rings is 1. The van der Waals surface area contributed by atoms with Crippen molar-refractivity contribution >= 4 is 11.6 Å². The van der Waals surface area contributed by atoms with Crippen molar-refractivity contribution in [3.8, 4) is 0 Å². The average Bonchev–Trinajstić information content (AvgIpc) is 2.82. The van der Waals surface area contributed by atoms with E-state index in [0.29, 0.717) is 23.5 Å². The highest BCUT2D eigenvalue weighted by atomic mass is 16.3. The average molecular weight is 211 g/mol. The van der Waals surface area contributed by atoms with Crippen LogP contribution >= 0.6 is 0 Å². The predicted molar refractivity (Wildman–Crippen MR) is 59.7 cm³/mol. The van der Waals surface area contributed by atoms with Crippen LogP contribution in [-0.4, -0.2) is 11.6 Å². The second kappa shape index (κ2) is 3.45. The van der Waals surface area contributed by atoms with Gasteiger partial charge >= 0.3 is 0 Å². The Morgan fingerprint density at radius 1 is 1.12 bits per heavy atom. The van der Waals surface area contributed by atoms with Crippen LogP contribution in [0.25, 0.3) is 0 Å². The molecule has 1 amide bonds. The molecule has 2 aromatic rings. The number of fused-ring (bicyclic) bond motifs is 1. The number of carbonyl (C=O) groups excluding carboxylic acids is 1. The van der Waals surface area contributed by atoms with Crippen molar-refractivity contribution in [3.63, 3.8) is 0 Å². The highest BCUT2D eigenvalue weighted by Gasteiger charge is 2.20. The quantitative estimate of drug-likeness (QED) is 0.727. The van der Waals surface area contributed by atoms with Crippen molar-refractivity contribution < 1.29 is 9.21 Å². The Balaban J connectivity index is 2.07. The summed E-state index contributed by atoms with van der Waals surface area (Å²) in [6.45, 7) is 0. The van der Waals surface area contributed by atoms with Crippen LogP contribution in [0.3, 0.4) is 0 Å². The molecule has 0 bridgehead atoms. The van der Waals surface area contributed by atoms with Gasteiger partial charge in [-0.05, 0) is 23.8 Å². The summed E-state index contributed by atoms with van der Waals surface area (Å²) in [7, 11) is 0. The lowest BCUT2D eigenvalue weighted by Crippen LogP contribution is -2.16. The van der Waals surface area contributed by atoms with Gasteiger partial charge in [0, 0.05) is 12.0 Å². The monoisotopic (exact) mass is 211 g/mol. The fraction of sp³-hybridized carbons (Fsp3) is 0.0769. The van der Waals surface area contributed by atoms with Crippen molar-refractivity contribution in [1.29, 1.82) is 0 Å². The number of hydrogen-bond donors (Lipinski definition) is 0. The molecule has 0 saturated carbocycles. The molecule has 1 aliphatic heterocycles. The Morgan fingerprint density at radius 3 is 2.81 bits per heavy atom. The molecule has 3 nitrogen and oxygen atoms in total. The summed E-state index contributed by atoms with van der Waals surface area (Å²) < 4.78 is 5.25. The van der Waals surface area contributed by atoms with Gasteiger partial charge in [-0.25, -0.2) is 4.99 Å². The van der Waals surface area contributed by atoms with Gasteiger partial charge in [0.15, 0.2) is 0 Å². The van der Waals surface area contributed by atoms with E-state index in [0.717, 1.165) is 5.56 Å². The molecular formula is C13H9NO2. The number of nitrogens with zero attached hydrogens (tertiary/aromatic N) is 1. The fourth-order valence-corrected chi connectivity index (χ4v) is 1.87. The standard InChI is InChI=1S/C13H9NO2/c15-13-10-5-2-1-4-9(10)8-11(14-13)12-6-3-7-16-12/h1-7H,8H2. The van der Waals surface area contributed by atoms with Gasteiger partial charge in [-0.15, -0.1) is 0 Å². The van der Waals surface area contributed by atoms with E-state index in [4.69, 9.17) is 4.42 Å². The van der Waals surface area contributed by atoms with Gasteiger partial charge in [0.2, 0.25) is 0 Å². The maximum Gasteiger partial charge on any atom is 0.277 e. The van der Waals surface area contributed by atoms with E-state index in [1.165, 1.54) is 0 Å². The lowest BCUT2D eigenvalue weighted by Gasteiger charge is -2.12. The summed E-state index contributed by atoms with van der Waals surface area (Å²) >= 11 is 0. The van der Waals surface area contributed by atoms with Gasteiger partial charge in [0.25, 0.3) is 5.91 Å². The van der Waals surface area contributed by atoms with Crippen LogP contribution in [0.2, 0.25) is 0 Å². The highest BCUT2D eigenvalue weighted by Crippen LogP contribution is 2.19. The Bertz CT molecular complexity index is 567. The SMILES string of the molecule is O=C1N=C(c2ccco2)Cc2ccccc21. The first-order chi connectivity index (χ1) is 7.84. The summed E-state index contributed by atoms with van der Waals surface area (Å²) in [4.78, 5) is 15.8. The molecule has 16 heavy (non-hydrogen) atoms. The zero-order valence-electron chi connectivity index (χ0n) is 8.51. The first-order valence-electron chi connectivity index (χ1n) is 5.08. The lowest BCUT2D eigenvalue weighted by molar-refractivity contribution is 0.1000. The van der Waals surface area contributed by atoms with E-state index in [1.807, 2.05) is 24.3 Å². The molecule has 0 N–H and O–H groups in total. The van der Waals surface area contributed by atoms with Crippen molar-refractivity contribution in [2.75, 3.05) is 0 Å². The summed E-state index contributed by atoms with van der Waals surface area (Å²) in [6.07, 6.45) is 2.23. The smallest absolute Gasteiger partial charge is 0.277 e. The second-order valence-electron chi connectivity index (χ2n) is 3.67. The van der Waals surface area contributed by atoms with Crippen molar-refractivity contribution in [1.82, 2.24) is 0 Å². The third-order valence-electron chi connectivity index (χ3n) is 2.65. The summed E-state index contributed by atoms with van der Waals surface area (Å²) in [5.41, 5.74) is 2.40. The van der Waals surface area contributed by atoms with Gasteiger partial charge < -0.3 is 4.42 Å². The van der Waals surface area contributed by atoms with Crippen molar-refractivity contribution in [3.05, 3.63) is 59.5 Å². The number of carbonyl (C=O) groups is 1. The van der Waals surface area contributed by atoms with Crippen LogP contribution in [0, 0.1) is 0 Å². The molecule has 0 saturated heterocycles. The number of benzene rings is 1. The van der Waals surface area contributed by atoms with Crippen LogP contribution in [-0.2, 0) is 6.42 Å². The molecule has 3 heteroatoms. The number of hydrogen-bond acceptors (Lipinski definition) is 2. The number of aliphatic imine (C=N–C) groups is 1. The molecule has 2 heterocycles. The zero-order valence-corrected chi connectivity index (χ0v) is 8.51. The maximum atomic E-state index is 11.8. The molecule has 3 rings (SSSR count). The van der Waals surface area contributed by atoms with Gasteiger partial charge in [0.1, 0.15) is 5.76 Å². The van der Waals surface area contributed by atoms with E-state index in [-0.39, 0.29) is 5.91 Å². The van der Waals surface area contributed by atoms with Crippen LogP contribution < -0.4 is 0 Å². The number of rotatable bonds is 1. The molecule has 78 valence electrons. The third kappa shape index (κ3) is 1.37. The Kier molecular flexibility index (Phi) is 1.96. The van der Waals surface area contributed by atoms with Crippen LogP contribution in [0.5, 0.6) is 0 Å². The Hall–Kier alpha value is -2.16. The molecular weight excluding hydrogens is 202 g/mol. The van der Waals surface area contributed by atoms with E-state index >= 15 is 0 Å². The maximum absolute atomic E-state index is 11.8. The molecule has 1 aromatic carbocycles.